The minimum atomic E-state index is -0.0359. The third kappa shape index (κ3) is 2.05. The van der Waals surface area contributed by atoms with Crippen LogP contribution in [-0.2, 0) is 0 Å². The zero-order chi connectivity index (χ0) is 7.40. The van der Waals surface area contributed by atoms with Crippen molar-refractivity contribution in [1.82, 2.24) is 0 Å². The van der Waals surface area contributed by atoms with Gasteiger partial charge in [0.25, 0.3) is 0 Å². The largest absolute Gasteiger partial charge is 0.608 e. The molecule has 1 unspecified atom stereocenters. The number of quaternary nitrogens is 1. The minimum Gasteiger partial charge on any atom is -0.608 e. The molecule has 54 valence electrons. The summed E-state index contributed by atoms with van der Waals surface area (Å²) in [6.45, 7) is 0. The average molecular weight is 138 g/mol. The van der Waals surface area contributed by atoms with Gasteiger partial charge in [0.15, 0.2) is 0 Å². The van der Waals surface area contributed by atoms with Crippen molar-refractivity contribution in [3.05, 3.63) is 35.5 Å². The second-order valence-electron chi connectivity index (χ2n) is 2.05. The lowest BCUT2D eigenvalue weighted by Crippen LogP contribution is -3.07. The summed E-state index contributed by atoms with van der Waals surface area (Å²) in [5.41, 5.74) is 3.51. The van der Waals surface area contributed by atoms with Gasteiger partial charge in [-0.15, -0.1) is 0 Å². The van der Waals surface area contributed by atoms with Gasteiger partial charge in [-0.1, -0.05) is 18.2 Å². The van der Waals surface area contributed by atoms with E-state index in [2.05, 4.69) is 5.43 Å². The molecule has 0 aromatic heterocycles. The second-order valence-corrected chi connectivity index (χ2v) is 2.05. The highest BCUT2D eigenvalue weighted by atomic mass is 16.5. The van der Waals surface area contributed by atoms with E-state index < -0.39 is 0 Å². The van der Waals surface area contributed by atoms with Crippen molar-refractivity contribution in [3.8, 4) is 0 Å². The summed E-state index contributed by atoms with van der Waals surface area (Å²) in [5, 5.41) is 10.5. The van der Waals surface area contributed by atoms with E-state index in [0.29, 0.717) is 0 Å². The van der Waals surface area contributed by atoms with Gasteiger partial charge in [-0.3, -0.25) is 5.17 Å². The number of anilines is 1. The van der Waals surface area contributed by atoms with E-state index in [1.807, 2.05) is 30.3 Å². The third-order valence-corrected chi connectivity index (χ3v) is 1.09. The van der Waals surface area contributed by atoms with E-state index in [4.69, 9.17) is 0 Å². The summed E-state index contributed by atoms with van der Waals surface area (Å²) in [5.74, 6) is 0. The number of nitrogens with one attached hydrogen (secondary N) is 2. The lowest BCUT2D eigenvalue weighted by atomic mass is 10.3. The Morgan fingerprint density at radius 1 is 1.30 bits per heavy atom. The Hall–Kier alpha value is -1.06. The molecular formula is C7H10N2O. The molecule has 1 aromatic rings. The van der Waals surface area contributed by atoms with Gasteiger partial charge in [0, 0.05) is 0 Å². The summed E-state index contributed by atoms with van der Waals surface area (Å²) in [7, 11) is 1.49. The van der Waals surface area contributed by atoms with Crippen LogP contribution in [0.25, 0.3) is 0 Å². The maximum Gasteiger partial charge on any atom is 0.0887 e. The molecule has 0 aliphatic heterocycles. The van der Waals surface area contributed by atoms with Crippen LogP contribution in [0.1, 0.15) is 0 Å². The Bertz CT molecular complexity index is 186. The molecule has 3 heteroatoms. The normalized spacial score (nSPS) is 12.6. The zero-order valence-corrected chi connectivity index (χ0v) is 5.79. The minimum absolute atomic E-state index is 0.0359. The number of benzene rings is 1. The van der Waals surface area contributed by atoms with Crippen LogP contribution in [0.4, 0.5) is 5.69 Å². The third-order valence-electron chi connectivity index (χ3n) is 1.09. The fraction of sp³-hybridized carbons (Fsp3) is 0.143. The van der Waals surface area contributed by atoms with Crippen LogP contribution in [0.15, 0.2) is 30.3 Å². The Morgan fingerprint density at radius 3 is 2.40 bits per heavy atom. The van der Waals surface area contributed by atoms with Gasteiger partial charge in [0.05, 0.1) is 12.7 Å². The zero-order valence-electron chi connectivity index (χ0n) is 5.79. The number of para-hydroxylation sites is 1. The molecule has 0 aliphatic rings. The molecule has 0 bridgehead atoms. The van der Waals surface area contributed by atoms with E-state index in [1.165, 1.54) is 7.05 Å². The molecule has 0 amide bonds. The summed E-state index contributed by atoms with van der Waals surface area (Å²) < 4.78 is 0. The molecule has 2 N–H and O–H groups in total. The second kappa shape index (κ2) is 3.20. The van der Waals surface area contributed by atoms with Crippen LogP contribution < -0.4 is 10.6 Å². The van der Waals surface area contributed by atoms with E-state index in [9.17, 15) is 5.21 Å². The van der Waals surface area contributed by atoms with Crippen LogP contribution in [0.3, 0.4) is 0 Å². The van der Waals surface area contributed by atoms with Crippen molar-refractivity contribution in [2.75, 3.05) is 12.5 Å². The van der Waals surface area contributed by atoms with E-state index in [0.717, 1.165) is 5.69 Å². The highest BCUT2D eigenvalue weighted by Gasteiger charge is 1.87. The average Bonchev–Trinajstić information content (AvgIpc) is 1.88. The Morgan fingerprint density at radius 2 is 1.90 bits per heavy atom. The number of hydrogen-bond acceptors (Lipinski definition) is 2. The molecule has 3 nitrogen and oxygen atoms in total. The van der Waals surface area contributed by atoms with Gasteiger partial charge >= 0.3 is 0 Å². The summed E-state index contributed by atoms with van der Waals surface area (Å²) in [6, 6.07) is 9.37. The van der Waals surface area contributed by atoms with Crippen LogP contribution in [0.5, 0.6) is 0 Å². The van der Waals surface area contributed by atoms with Crippen molar-refractivity contribution in [3.63, 3.8) is 0 Å². The molecule has 10 heavy (non-hydrogen) atoms. The van der Waals surface area contributed by atoms with E-state index in [1.54, 1.807) is 0 Å². The molecule has 0 saturated heterocycles. The molecule has 1 atom stereocenters. The summed E-state index contributed by atoms with van der Waals surface area (Å²) >= 11 is 0. The number of rotatable bonds is 2. The summed E-state index contributed by atoms with van der Waals surface area (Å²) in [6.07, 6.45) is 0. The van der Waals surface area contributed by atoms with Crippen molar-refractivity contribution >= 4 is 5.69 Å². The number of hydrogen-bond donors (Lipinski definition) is 2. The van der Waals surface area contributed by atoms with Crippen LogP contribution in [0, 0.1) is 5.21 Å². The Labute approximate surface area is 59.8 Å². The lowest BCUT2D eigenvalue weighted by Gasteiger charge is -2.16. The molecular weight excluding hydrogens is 128 g/mol. The molecule has 1 rings (SSSR count). The van der Waals surface area contributed by atoms with Crippen molar-refractivity contribution in [2.24, 2.45) is 0 Å². The maximum atomic E-state index is 10.5. The standard InChI is InChI=1S/C7H10N2O/c1-9(10)8-7-5-3-2-4-6-7/h2-6,8-9H,1H3. The fourth-order valence-corrected chi connectivity index (χ4v) is 0.725. The molecule has 0 fully saturated rings. The highest BCUT2D eigenvalue weighted by Crippen LogP contribution is 2.00. The van der Waals surface area contributed by atoms with Gasteiger partial charge in [-0.2, -0.15) is 0 Å². The smallest absolute Gasteiger partial charge is 0.0887 e. The molecule has 0 saturated carbocycles. The molecule has 0 aliphatic carbocycles. The summed E-state index contributed by atoms with van der Waals surface area (Å²) in [4.78, 5) is 0. The van der Waals surface area contributed by atoms with Gasteiger partial charge in [-0.25, -0.2) is 5.43 Å². The lowest BCUT2D eigenvalue weighted by molar-refractivity contribution is -0.800. The van der Waals surface area contributed by atoms with Crippen LogP contribution in [0.2, 0.25) is 0 Å². The maximum absolute atomic E-state index is 10.5. The predicted octanol–water partition coefficient (Wildman–Crippen LogP) is 0.0260. The fourth-order valence-electron chi connectivity index (χ4n) is 0.725. The Kier molecular flexibility index (Phi) is 2.25. The Balaban J connectivity index is 2.59. The first kappa shape index (κ1) is 7.05. The van der Waals surface area contributed by atoms with E-state index in [-0.39, 0.29) is 5.17 Å². The first-order valence-electron chi connectivity index (χ1n) is 3.11. The molecule has 0 spiro atoms. The first-order chi connectivity index (χ1) is 4.79. The van der Waals surface area contributed by atoms with Crippen LogP contribution in [-0.4, -0.2) is 7.05 Å². The van der Waals surface area contributed by atoms with Gasteiger partial charge in [-0.05, 0) is 12.1 Å². The quantitative estimate of drug-likeness (QED) is 0.566. The highest BCUT2D eigenvalue weighted by molar-refractivity contribution is 5.39. The van der Waals surface area contributed by atoms with Crippen LogP contribution >= 0.6 is 0 Å². The molecule has 0 radical (unpaired) electrons. The predicted molar refractivity (Wildman–Crippen MR) is 40.3 cm³/mol. The van der Waals surface area contributed by atoms with Gasteiger partial charge in [0.1, 0.15) is 0 Å². The van der Waals surface area contributed by atoms with Crippen molar-refractivity contribution in [2.45, 2.75) is 0 Å². The monoisotopic (exact) mass is 138 g/mol. The van der Waals surface area contributed by atoms with Crippen molar-refractivity contribution in [1.29, 1.82) is 0 Å². The van der Waals surface area contributed by atoms with Crippen molar-refractivity contribution < 1.29 is 5.17 Å². The van der Waals surface area contributed by atoms with Gasteiger partial charge in [0.2, 0.25) is 0 Å². The molecule has 0 heterocycles. The molecule has 1 aromatic carbocycles. The SMILES string of the molecule is C[NH+]([O-])Nc1ccccc1. The number of hydroxylamine groups is 1. The first-order valence-corrected chi connectivity index (χ1v) is 3.11. The van der Waals surface area contributed by atoms with Gasteiger partial charge < -0.3 is 5.21 Å². The topological polar surface area (TPSA) is 39.5 Å². The van der Waals surface area contributed by atoms with E-state index >= 15 is 0 Å².